The van der Waals surface area contributed by atoms with Crippen molar-refractivity contribution in [1.29, 1.82) is 0 Å². The summed E-state index contributed by atoms with van der Waals surface area (Å²) < 4.78 is 0. The predicted octanol–water partition coefficient (Wildman–Crippen LogP) is 3.93. The van der Waals surface area contributed by atoms with E-state index < -0.39 is 0 Å². The van der Waals surface area contributed by atoms with Gasteiger partial charge in [0.1, 0.15) is 0 Å². The zero-order chi connectivity index (χ0) is 12.0. The van der Waals surface area contributed by atoms with Gasteiger partial charge in [0.25, 0.3) is 0 Å². The monoisotopic (exact) mass is 220 g/mol. The number of ketones is 1. The van der Waals surface area contributed by atoms with Gasteiger partial charge in [0, 0.05) is 11.1 Å². The molecule has 0 unspecified atom stereocenters. The summed E-state index contributed by atoms with van der Waals surface area (Å²) in [6.07, 6.45) is 0. The third-order valence-corrected chi connectivity index (χ3v) is 3.22. The molecule has 1 aliphatic rings. The molecule has 0 bridgehead atoms. The van der Waals surface area contributed by atoms with Crippen molar-refractivity contribution in [3.05, 3.63) is 65.7 Å². The summed E-state index contributed by atoms with van der Waals surface area (Å²) in [5, 5.41) is 0. The standard InChI is InChI=1S/C16H12O/c1-10(2)11-7-8-13-12-5-3-4-6-14(12)16(17)15(13)9-11/h3-9H,1H2,2H3. The topological polar surface area (TPSA) is 17.1 Å². The second-order valence-corrected chi connectivity index (χ2v) is 4.42. The lowest BCUT2D eigenvalue weighted by atomic mass is 10.0. The maximum Gasteiger partial charge on any atom is 0.194 e. The Morgan fingerprint density at radius 2 is 1.59 bits per heavy atom. The first-order valence-corrected chi connectivity index (χ1v) is 5.62. The zero-order valence-electron chi connectivity index (χ0n) is 9.66. The van der Waals surface area contributed by atoms with Gasteiger partial charge in [0.05, 0.1) is 0 Å². The summed E-state index contributed by atoms with van der Waals surface area (Å²) >= 11 is 0. The highest BCUT2D eigenvalue weighted by atomic mass is 16.1. The van der Waals surface area contributed by atoms with Crippen LogP contribution in [0.5, 0.6) is 0 Å². The van der Waals surface area contributed by atoms with Crippen molar-refractivity contribution >= 4 is 11.4 Å². The Hall–Kier alpha value is -2.15. The van der Waals surface area contributed by atoms with E-state index in [0.29, 0.717) is 0 Å². The van der Waals surface area contributed by atoms with Crippen LogP contribution in [0.4, 0.5) is 0 Å². The Balaban J connectivity index is 2.28. The number of allylic oxidation sites excluding steroid dienone is 1. The molecule has 0 radical (unpaired) electrons. The van der Waals surface area contributed by atoms with E-state index in [9.17, 15) is 4.79 Å². The Morgan fingerprint density at radius 1 is 0.941 bits per heavy atom. The molecule has 0 N–H and O–H groups in total. The summed E-state index contributed by atoms with van der Waals surface area (Å²) in [4.78, 5) is 12.2. The highest BCUT2D eigenvalue weighted by Gasteiger charge is 2.25. The summed E-state index contributed by atoms with van der Waals surface area (Å²) in [5.41, 5.74) is 5.70. The number of carbonyl (C=O) groups is 1. The molecule has 0 saturated heterocycles. The van der Waals surface area contributed by atoms with Crippen LogP contribution in [0, 0.1) is 0 Å². The molecule has 1 aliphatic carbocycles. The largest absolute Gasteiger partial charge is 0.289 e. The lowest BCUT2D eigenvalue weighted by Gasteiger charge is -2.03. The van der Waals surface area contributed by atoms with Crippen molar-refractivity contribution in [2.75, 3.05) is 0 Å². The van der Waals surface area contributed by atoms with Crippen molar-refractivity contribution in [2.45, 2.75) is 6.92 Å². The van der Waals surface area contributed by atoms with Crippen molar-refractivity contribution in [3.8, 4) is 11.1 Å². The van der Waals surface area contributed by atoms with Crippen LogP contribution >= 0.6 is 0 Å². The number of hydrogen-bond acceptors (Lipinski definition) is 1. The molecule has 1 heteroatoms. The molecule has 0 heterocycles. The Kier molecular flexibility index (Phi) is 2.02. The molecule has 0 saturated carbocycles. The van der Waals surface area contributed by atoms with Gasteiger partial charge in [-0.25, -0.2) is 0 Å². The van der Waals surface area contributed by atoms with E-state index in [-0.39, 0.29) is 5.78 Å². The molecule has 1 nitrogen and oxygen atoms in total. The molecule has 2 aromatic rings. The average molecular weight is 220 g/mol. The molecule has 3 rings (SSSR count). The number of fused-ring (bicyclic) bond motifs is 3. The smallest absolute Gasteiger partial charge is 0.194 e. The summed E-state index contributed by atoms with van der Waals surface area (Å²) in [7, 11) is 0. The molecule has 17 heavy (non-hydrogen) atoms. The molecule has 0 atom stereocenters. The highest BCUT2D eigenvalue weighted by molar-refractivity contribution is 6.21. The molecule has 0 fully saturated rings. The van der Waals surface area contributed by atoms with E-state index in [1.54, 1.807) is 0 Å². The number of carbonyl (C=O) groups excluding carboxylic acids is 1. The van der Waals surface area contributed by atoms with Crippen LogP contribution < -0.4 is 0 Å². The normalized spacial score (nSPS) is 12.2. The fourth-order valence-electron chi connectivity index (χ4n) is 2.29. The summed E-state index contributed by atoms with van der Waals surface area (Å²) in [6, 6.07) is 13.7. The highest BCUT2D eigenvalue weighted by Crippen LogP contribution is 2.37. The van der Waals surface area contributed by atoms with E-state index in [2.05, 4.69) is 6.58 Å². The number of benzene rings is 2. The first-order valence-electron chi connectivity index (χ1n) is 5.62. The van der Waals surface area contributed by atoms with Gasteiger partial charge in [-0.3, -0.25) is 4.79 Å². The van der Waals surface area contributed by atoms with Crippen molar-refractivity contribution < 1.29 is 4.79 Å². The van der Waals surface area contributed by atoms with Crippen molar-refractivity contribution in [2.24, 2.45) is 0 Å². The van der Waals surface area contributed by atoms with E-state index in [0.717, 1.165) is 33.4 Å². The minimum atomic E-state index is 0.124. The van der Waals surface area contributed by atoms with Crippen LogP contribution in [-0.2, 0) is 0 Å². The van der Waals surface area contributed by atoms with Gasteiger partial charge in [-0.05, 0) is 29.7 Å². The van der Waals surface area contributed by atoms with Gasteiger partial charge in [-0.1, -0.05) is 48.6 Å². The second-order valence-electron chi connectivity index (χ2n) is 4.42. The van der Waals surface area contributed by atoms with Crippen LogP contribution in [0.2, 0.25) is 0 Å². The molecule has 82 valence electrons. The van der Waals surface area contributed by atoms with Gasteiger partial charge >= 0.3 is 0 Å². The molecule has 2 aromatic carbocycles. The van der Waals surface area contributed by atoms with Crippen molar-refractivity contribution in [3.63, 3.8) is 0 Å². The van der Waals surface area contributed by atoms with Crippen LogP contribution in [-0.4, -0.2) is 5.78 Å². The number of hydrogen-bond donors (Lipinski definition) is 0. The Morgan fingerprint density at radius 3 is 2.29 bits per heavy atom. The Bertz CT molecular complexity index is 650. The zero-order valence-corrected chi connectivity index (χ0v) is 9.66. The molecule has 0 amide bonds. The van der Waals surface area contributed by atoms with Gasteiger partial charge in [0.15, 0.2) is 5.78 Å². The first kappa shape index (κ1) is 10.0. The predicted molar refractivity (Wildman–Crippen MR) is 70.0 cm³/mol. The van der Waals surface area contributed by atoms with Crippen LogP contribution in [0.15, 0.2) is 49.0 Å². The van der Waals surface area contributed by atoms with Gasteiger partial charge in [0.2, 0.25) is 0 Å². The van der Waals surface area contributed by atoms with Crippen molar-refractivity contribution in [1.82, 2.24) is 0 Å². The minimum absolute atomic E-state index is 0.124. The lowest BCUT2D eigenvalue weighted by molar-refractivity contribution is 0.104. The maximum absolute atomic E-state index is 12.2. The maximum atomic E-state index is 12.2. The second kappa shape index (κ2) is 3.42. The number of rotatable bonds is 1. The third-order valence-electron chi connectivity index (χ3n) is 3.22. The fraction of sp³-hybridized carbons (Fsp3) is 0.0625. The van der Waals surface area contributed by atoms with E-state index >= 15 is 0 Å². The Labute approximate surface area is 100 Å². The van der Waals surface area contributed by atoms with Crippen LogP contribution in [0.25, 0.3) is 16.7 Å². The molecule has 0 aromatic heterocycles. The van der Waals surface area contributed by atoms with E-state index in [1.807, 2.05) is 49.4 Å². The molecular formula is C16H12O. The van der Waals surface area contributed by atoms with Gasteiger partial charge in [-0.2, -0.15) is 0 Å². The minimum Gasteiger partial charge on any atom is -0.289 e. The van der Waals surface area contributed by atoms with Gasteiger partial charge in [-0.15, -0.1) is 0 Å². The molecule has 0 aliphatic heterocycles. The summed E-state index contributed by atoms with van der Waals surface area (Å²) in [5.74, 6) is 0.124. The van der Waals surface area contributed by atoms with Crippen LogP contribution in [0.1, 0.15) is 28.4 Å². The van der Waals surface area contributed by atoms with E-state index in [4.69, 9.17) is 0 Å². The first-order chi connectivity index (χ1) is 8.18. The fourth-order valence-corrected chi connectivity index (χ4v) is 2.29. The quantitative estimate of drug-likeness (QED) is 0.607. The van der Waals surface area contributed by atoms with Crippen LogP contribution in [0.3, 0.4) is 0 Å². The van der Waals surface area contributed by atoms with Gasteiger partial charge < -0.3 is 0 Å². The summed E-state index contributed by atoms with van der Waals surface area (Å²) in [6.45, 7) is 5.87. The third kappa shape index (κ3) is 1.36. The average Bonchev–Trinajstić information content (AvgIpc) is 2.64. The molecule has 0 spiro atoms. The van der Waals surface area contributed by atoms with E-state index in [1.165, 1.54) is 0 Å². The lowest BCUT2D eigenvalue weighted by Crippen LogP contribution is -1.95. The molecular weight excluding hydrogens is 208 g/mol. The SMILES string of the molecule is C=C(C)c1ccc2c(c1)C(=O)c1ccccc1-2.